The molecule has 1 saturated heterocycles. The zero-order valence-electron chi connectivity index (χ0n) is 14.4. The number of ether oxygens (including phenoxy) is 1. The number of aryl methyl sites for hydroxylation is 1. The molecule has 1 N–H and O–H groups in total. The van der Waals surface area contributed by atoms with E-state index in [1.54, 1.807) is 19.3 Å². The number of carbonyl (C=O) groups is 1. The number of rotatable bonds is 5. The molecule has 1 aliphatic rings. The highest BCUT2D eigenvalue weighted by atomic mass is 16.5. The number of morpholine rings is 1. The lowest BCUT2D eigenvalue weighted by atomic mass is 10.1. The molecule has 0 unspecified atom stereocenters. The van der Waals surface area contributed by atoms with Gasteiger partial charge in [-0.2, -0.15) is 0 Å². The number of hydrogen-bond donors (Lipinski definition) is 1. The zero-order valence-corrected chi connectivity index (χ0v) is 14.4. The first-order chi connectivity index (χ1) is 12.1. The van der Waals surface area contributed by atoms with Crippen LogP contribution in [0.25, 0.3) is 0 Å². The monoisotopic (exact) mass is 341 g/mol. The predicted molar refractivity (Wildman–Crippen MR) is 95.6 cm³/mol. The smallest absolute Gasteiger partial charge is 0.252 e. The summed E-state index contributed by atoms with van der Waals surface area (Å²) in [5, 5.41) is 3.07. The van der Waals surface area contributed by atoms with Gasteiger partial charge in [-0.1, -0.05) is 30.3 Å². The van der Waals surface area contributed by atoms with Crippen molar-refractivity contribution >= 4 is 5.91 Å². The van der Waals surface area contributed by atoms with Crippen molar-refractivity contribution < 1.29 is 9.53 Å². The summed E-state index contributed by atoms with van der Waals surface area (Å²) < 4.78 is 6.84. The van der Waals surface area contributed by atoms with Crippen LogP contribution in [-0.4, -0.2) is 48.2 Å². The molecule has 0 aliphatic carbocycles. The molecule has 6 heteroatoms. The van der Waals surface area contributed by atoms with Crippen LogP contribution in [0.1, 0.15) is 22.0 Å². The second-order valence-electron chi connectivity index (χ2n) is 6.21. The van der Waals surface area contributed by atoms with E-state index in [1.807, 2.05) is 30.3 Å². The Balaban J connectivity index is 1.77. The van der Waals surface area contributed by atoms with Gasteiger partial charge in [0.15, 0.2) is 0 Å². The van der Waals surface area contributed by atoms with Crippen molar-refractivity contribution in [1.29, 1.82) is 0 Å². The summed E-state index contributed by atoms with van der Waals surface area (Å²) >= 11 is 0. The maximum Gasteiger partial charge on any atom is 0.252 e. The molecule has 1 fully saturated rings. The number of benzene rings is 1. The van der Waals surface area contributed by atoms with Gasteiger partial charge in [0.25, 0.3) is 11.5 Å². The maximum atomic E-state index is 12.6. The van der Waals surface area contributed by atoms with Gasteiger partial charge in [-0.25, -0.2) is 0 Å². The molecule has 132 valence electrons. The molecule has 2 aromatic rings. The Morgan fingerprint density at radius 1 is 1.20 bits per heavy atom. The van der Waals surface area contributed by atoms with Crippen molar-refractivity contribution in [2.45, 2.75) is 6.04 Å². The lowest BCUT2D eigenvalue weighted by Crippen LogP contribution is -2.43. The van der Waals surface area contributed by atoms with Gasteiger partial charge in [0.05, 0.1) is 19.3 Å². The fraction of sp³-hybridized carbons (Fsp3) is 0.368. The quantitative estimate of drug-likeness (QED) is 0.887. The van der Waals surface area contributed by atoms with Crippen LogP contribution in [0.3, 0.4) is 0 Å². The number of nitrogens with zero attached hydrogens (tertiary/aromatic N) is 2. The zero-order chi connectivity index (χ0) is 17.6. The molecule has 0 bridgehead atoms. The third-order valence-electron chi connectivity index (χ3n) is 4.42. The largest absolute Gasteiger partial charge is 0.379 e. The van der Waals surface area contributed by atoms with Gasteiger partial charge in [-0.15, -0.1) is 0 Å². The number of amides is 1. The summed E-state index contributed by atoms with van der Waals surface area (Å²) in [4.78, 5) is 26.7. The molecule has 3 rings (SSSR count). The van der Waals surface area contributed by atoms with Crippen molar-refractivity contribution in [1.82, 2.24) is 14.8 Å². The van der Waals surface area contributed by atoms with Crippen molar-refractivity contribution in [3.8, 4) is 0 Å². The van der Waals surface area contributed by atoms with Gasteiger partial charge in [-0.3, -0.25) is 14.5 Å². The molecule has 6 nitrogen and oxygen atoms in total. The van der Waals surface area contributed by atoms with E-state index in [2.05, 4.69) is 10.2 Å². The first-order valence-electron chi connectivity index (χ1n) is 8.46. The molecule has 1 aromatic heterocycles. The molecule has 2 heterocycles. The number of carbonyl (C=O) groups excluding carboxylic acids is 1. The van der Waals surface area contributed by atoms with E-state index in [0.29, 0.717) is 25.3 Å². The molecule has 25 heavy (non-hydrogen) atoms. The van der Waals surface area contributed by atoms with Crippen LogP contribution in [0, 0.1) is 0 Å². The molecule has 1 amide bonds. The number of aromatic nitrogens is 1. The van der Waals surface area contributed by atoms with Crippen LogP contribution in [0.5, 0.6) is 0 Å². The van der Waals surface area contributed by atoms with E-state index in [0.717, 1.165) is 18.7 Å². The summed E-state index contributed by atoms with van der Waals surface area (Å²) in [5.41, 5.74) is 1.23. The third-order valence-corrected chi connectivity index (χ3v) is 4.42. The summed E-state index contributed by atoms with van der Waals surface area (Å²) in [5.74, 6) is -0.236. The minimum atomic E-state index is -0.236. The van der Waals surface area contributed by atoms with Crippen LogP contribution in [-0.2, 0) is 11.8 Å². The van der Waals surface area contributed by atoms with Crippen LogP contribution in [0.15, 0.2) is 53.5 Å². The Hall–Kier alpha value is -2.44. The lowest BCUT2D eigenvalue weighted by Gasteiger charge is -2.31. The van der Waals surface area contributed by atoms with E-state index in [9.17, 15) is 9.59 Å². The van der Waals surface area contributed by atoms with E-state index >= 15 is 0 Å². The van der Waals surface area contributed by atoms with E-state index in [4.69, 9.17) is 4.74 Å². The molecule has 0 spiro atoms. The second kappa shape index (κ2) is 8.09. The summed E-state index contributed by atoms with van der Waals surface area (Å²) in [6.07, 6.45) is 1.61. The van der Waals surface area contributed by atoms with Crippen molar-refractivity contribution in [3.05, 3.63) is 70.1 Å². The second-order valence-corrected chi connectivity index (χ2v) is 6.21. The molecule has 1 aromatic carbocycles. The van der Waals surface area contributed by atoms with Crippen molar-refractivity contribution in [2.75, 3.05) is 32.8 Å². The van der Waals surface area contributed by atoms with Crippen molar-refractivity contribution in [2.24, 2.45) is 7.05 Å². The van der Waals surface area contributed by atoms with Crippen molar-refractivity contribution in [3.63, 3.8) is 0 Å². The molecule has 0 saturated carbocycles. The normalized spacial score (nSPS) is 16.4. The lowest BCUT2D eigenvalue weighted by molar-refractivity contribution is 0.0332. The summed E-state index contributed by atoms with van der Waals surface area (Å²) in [6, 6.07) is 12.8. The third kappa shape index (κ3) is 4.55. The Labute approximate surface area is 147 Å². The van der Waals surface area contributed by atoms with Gasteiger partial charge >= 0.3 is 0 Å². The minimum Gasteiger partial charge on any atom is -0.379 e. The molecule has 0 radical (unpaired) electrons. The Morgan fingerprint density at radius 2 is 1.92 bits per heavy atom. The van der Waals surface area contributed by atoms with E-state index in [-0.39, 0.29) is 17.5 Å². The SMILES string of the molecule is Cn1ccc(C(=O)N[C@H](CN2CCOCC2)c2ccccc2)cc1=O. The highest BCUT2D eigenvalue weighted by Crippen LogP contribution is 2.16. The van der Waals surface area contributed by atoms with Gasteiger partial charge in [0.1, 0.15) is 0 Å². The Morgan fingerprint density at radius 3 is 2.60 bits per heavy atom. The summed E-state index contributed by atoms with van der Waals surface area (Å²) in [7, 11) is 1.66. The number of hydrogen-bond acceptors (Lipinski definition) is 4. The first-order valence-corrected chi connectivity index (χ1v) is 8.46. The Kier molecular flexibility index (Phi) is 5.63. The van der Waals surface area contributed by atoms with Crippen LogP contribution >= 0.6 is 0 Å². The van der Waals surface area contributed by atoms with Crippen LogP contribution in [0.2, 0.25) is 0 Å². The molecule has 1 aliphatic heterocycles. The van der Waals surface area contributed by atoms with Gasteiger partial charge in [0, 0.05) is 44.5 Å². The minimum absolute atomic E-state index is 0.143. The first kappa shape index (κ1) is 17.4. The van der Waals surface area contributed by atoms with E-state index in [1.165, 1.54) is 10.6 Å². The topological polar surface area (TPSA) is 63.6 Å². The standard InChI is InChI=1S/C19H23N3O3/c1-21-8-7-16(13-18(21)23)19(24)20-17(15-5-3-2-4-6-15)14-22-9-11-25-12-10-22/h2-8,13,17H,9-12,14H2,1H3,(H,20,24)/t17-/m1/s1. The highest BCUT2D eigenvalue weighted by molar-refractivity contribution is 5.94. The van der Waals surface area contributed by atoms with E-state index < -0.39 is 0 Å². The highest BCUT2D eigenvalue weighted by Gasteiger charge is 2.20. The van der Waals surface area contributed by atoms with Gasteiger partial charge in [0.2, 0.25) is 0 Å². The fourth-order valence-electron chi connectivity index (χ4n) is 2.89. The predicted octanol–water partition coefficient (Wildman–Crippen LogP) is 1.19. The average Bonchev–Trinajstić information content (AvgIpc) is 2.65. The Bertz CT molecular complexity index is 767. The molecule has 1 atom stereocenters. The fourth-order valence-corrected chi connectivity index (χ4v) is 2.89. The number of nitrogens with one attached hydrogen (secondary N) is 1. The number of pyridine rings is 1. The summed E-state index contributed by atoms with van der Waals surface area (Å²) in [6.45, 7) is 3.84. The van der Waals surface area contributed by atoms with Crippen LogP contribution < -0.4 is 10.9 Å². The van der Waals surface area contributed by atoms with Crippen LogP contribution in [0.4, 0.5) is 0 Å². The molecular formula is C19H23N3O3. The molecular weight excluding hydrogens is 318 g/mol. The average molecular weight is 341 g/mol. The van der Waals surface area contributed by atoms with Gasteiger partial charge in [-0.05, 0) is 11.6 Å². The van der Waals surface area contributed by atoms with Gasteiger partial charge < -0.3 is 14.6 Å². The maximum absolute atomic E-state index is 12.6.